The van der Waals surface area contributed by atoms with Crippen LogP contribution >= 0.6 is 31.9 Å². The van der Waals surface area contributed by atoms with Gasteiger partial charge in [-0.2, -0.15) is 0 Å². The fourth-order valence-corrected chi connectivity index (χ4v) is 3.41. The van der Waals surface area contributed by atoms with E-state index < -0.39 is 0 Å². The Labute approximate surface area is 64.9 Å². The summed E-state index contributed by atoms with van der Waals surface area (Å²) in [7, 11) is 0. The Morgan fingerprint density at radius 3 is 2.29 bits per heavy atom. The second-order valence-electron chi connectivity index (χ2n) is 1.07. The molecule has 0 fully saturated rings. The number of hydrogen-bond acceptors (Lipinski definition) is 0. The first-order valence-electron chi connectivity index (χ1n) is 1.68. The van der Waals surface area contributed by atoms with Crippen molar-refractivity contribution in [3.63, 3.8) is 0 Å². The zero-order valence-corrected chi connectivity index (χ0v) is 8.20. The molecule has 38 valence electrons. The molecule has 0 bridgehead atoms. The minimum absolute atomic E-state index is 0.568. The van der Waals surface area contributed by atoms with E-state index in [2.05, 4.69) is 42.9 Å². The molecule has 1 heterocycles. The van der Waals surface area contributed by atoms with Crippen LogP contribution in [0.3, 0.4) is 0 Å². The summed E-state index contributed by atoms with van der Waals surface area (Å²) in [5.41, 5.74) is 0. The Morgan fingerprint density at radius 2 is 2.14 bits per heavy atom. The van der Waals surface area contributed by atoms with Gasteiger partial charge in [0.1, 0.15) is 0 Å². The first-order valence-corrected chi connectivity index (χ1v) is 5.12. The molecular weight excluding hydrogens is 287 g/mol. The van der Waals surface area contributed by atoms with Crippen LogP contribution in [0.15, 0.2) is 18.8 Å². The predicted molar refractivity (Wildman–Crippen MR) is 38.8 cm³/mol. The third-order valence-electron chi connectivity index (χ3n) is 0.535. The molecule has 0 unspecified atom stereocenters. The van der Waals surface area contributed by atoms with Gasteiger partial charge in [0.15, 0.2) is 0 Å². The van der Waals surface area contributed by atoms with Crippen molar-refractivity contribution < 1.29 is 0 Å². The third-order valence-corrected chi connectivity index (χ3v) is 4.38. The topological polar surface area (TPSA) is 0 Å². The van der Waals surface area contributed by atoms with Gasteiger partial charge in [-0.05, 0) is 0 Å². The van der Waals surface area contributed by atoms with Crippen LogP contribution in [-0.4, -0.2) is 14.5 Å². The maximum absolute atomic E-state index is 3.39. The van der Waals surface area contributed by atoms with Crippen LogP contribution in [0.2, 0.25) is 0 Å². The minimum atomic E-state index is 0.568. The number of halogens is 2. The molecule has 7 heavy (non-hydrogen) atoms. The molecule has 3 heteroatoms. The molecule has 0 aliphatic heterocycles. The van der Waals surface area contributed by atoms with Gasteiger partial charge >= 0.3 is 65.2 Å². The molecule has 1 rings (SSSR count). The predicted octanol–water partition coefficient (Wildman–Crippen LogP) is 2.27. The quantitative estimate of drug-likeness (QED) is 0.643. The summed E-state index contributed by atoms with van der Waals surface area (Å²) in [6.07, 6.45) is 0. The van der Waals surface area contributed by atoms with Gasteiger partial charge in [-0.1, -0.05) is 0 Å². The Balaban J connectivity index is 3.04. The van der Waals surface area contributed by atoms with Crippen molar-refractivity contribution in [3.05, 3.63) is 18.8 Å². The Morgan fingerprint density at radius 1 is 1.43 bits per heavy atom. The average Bonchev–Trinajstić information content (AvgIpc) is 1.87. The zero-order valence-electron chi connectivity index (χ0n) is 3.32. The monoisotopic (exact) mass is 288 g/mol. The van der Waals surface area contributed by atoms with E-state index >= 15 is 0 Å². The number of rotatable bonds is 0. The van der Waals surface area contributed by atoms with Crippen molar-refractivity contribution in [2.75, 3.05) is 0 Å². The second kappa shape index (κ2) is 2.49. The number of hydrogen-bond donors (Lipinski definition) is 0. The van der Waals surface area contributed by atoms with Crippen molar-refractivity contribution in [2.24, 2.45) is 0 Å². The van der Waals surface area contributed by atoms with Gasteiger partial charge < -0.3 is 0 Å². The van der Waals surface area contributed by atoms with Crippen molar-refractivity contribution >= 4 is 46.4 Å². The molecule has 0 aliphatic rings. The van der Waals surface area contributed by atoms with Gasteiger partial charge in [0.05, 0.1) is 0 Å². The van der Waals surface area contributed by atoms with E-state index in [9.17, 15) is 0 Å². The van der Waals surface area contributed by atoms with Crippen LogP contribution in [0.5, 0.6) is 0 Å². The second-order valence-corrected chi connectivity index (χ2v) is 5.93. The SMILES string of the molecule is Brc1c[se]c(Br)c1. The summed E-state index contributed by atoms with van der Waals surface area (Å²) in [5, 5.41) is 0. The molecule has 0 radical (unpaired) electrons. The maximum atomic E-state index is 3.39. The Hall–Kier alpha value is 0.959. The molecule has 0 saturated carbocycles. The van der Waals surface area contributed by atoms with Crippen LogP contribution in [0.1, 0.15) is 0 Å². The van der Waals surface area contributed by atoms with Crippen LogP contribution in [-0.2, 0) is 0 Å². The fraction of sp³-hybridized carbons (Fsp3) is 0. The van der Waals surface area contributed by atoms with Crippen molar-refractivity contribution in [1.82, 2.24) is 0 Å². The zero-order chi connectivity index (χ0) is 5.28. The van der Waals surface area contributed by atoms with Crippen molar-refractivity contribution in [2.45, 2.75) is 0 Å². The molecule has 1 aromatic rings. The van der Waals surface area contributed by atoms with E-state index in [1.54, 1.807) is 0 Å². The molecule has 0 aliphatic carbocycles. The molecule has 0 saturated heterocycles. The van der Waals surface area contributed by atoms with Crippen molar-refractivity contribution in [3.8, 4) is 0 Å². The fourth-order valence-electron chi connectivity index (χ4n) is 0.289. The first kappa shape index (κ1) is 6.09. The van der Waals surface area contributed by atoms with E-state index in [4.69, 9.17) is 0 Å². The van der Waals surface area contributed by atoms with E-state index in [1.807, 2.05) is 0 Å². The van der Waals surface area contributed by atoms with Gasteiger partial charge in [0.2, 0.25) is 0 Å². The van der Waals surface area contributed by atoms with Crippen molar-refractivity contribution in [1.29, 1.82) is 0 Å². The molecule has 0 aromatic carbocycles. The summed E-state index contributed by atoms with van der Waals surface area (Å²) < 4.78 is 2.52. The molecule has 0 amide bonds. The van der Waals surface area contributed by atoms with Gasteiger partial charge in [-0.25, -0.2) is 0 Å². The van der Waals surface area contributed by atoms with Gasteiger partial charge in [-0.15, -0.1) is 0 Å². The molecule has 0 spiro atoms. The first-order chi connectivity index (χ1) is 3.29. The molecule has 0 N–H and O–H groups in total. The summed E-state index contributed by atoms with van der Waals surface area (Å²) >= 11 is 7.30. The van der Waals surface area contributed by atoms with E-state index in [0.29, 0.717) is 14.5 Å². The van der Waals surface area contributed by atoms with Gasteiger partial charge in [0, 0.05) is 0 Å². The van der Waals surface area contributed by atoms with E-state index in [1.165, 1.54) is 7.82 Å². The standard InChI is InChI=1S/C4H2Br2Se/c5-3-1-4(6)7-2-3/h1-2H. The molecular formula is C4H2Br2Se. The molecule has 1 aromatic heterocycles. The molecule has 0 nitrogen and oxygen atoms in total. The summed E-state index contributed by atoms with van der Waals surface area (Å²) in [4.78, 5) is 2.18. The van der Waals surface area contributed by atoms with Crippen LogP contribution in [0, 0.1) is 0 Å². The van der Waals surface area contributed by atoms with E-state index in [-0.39, 0.29) is 0 Å². The molecule has 0 atom stereocenters. The average molecular weight is 289 g/mol. The summed E-state index contributed by atoms with van der Waals surface area (Å²) in [6.45, 7) is 0. The van der Waals surface area contributed by atoms with Gasteiger partial charge in [-0.3, -0.25) is 0 Å². The van der Waals surface area contributed by atoms with Gasteiger partial charge in [0.25, 0.3) is 0 Å². The van der Waals surface area contributed by atoms with Crippen LogP contribution < -0.4 is 0 Å². The van der Waals surface area contributed by atoms with Crippen LogP contribution in [0.25, 0.3) is 0 Å². The summed E-state index contributed by atoms with van der Waals surface area (Å²) in [6, 6.07) is 2.08. The van der Waals surface area contributed by atoms with Crippen LogP contribution in [0.4, 0.5) is 0 Å². The third kappa shape index (κ3) is 1.73. The Kier molecular flexibility index (Phi) is 2.17. The van der Waals surface area contributed by atoms with E-state index in [0.717, 1.165) is 0 Å². The normalized spacial score (nSPS) is 9.43. The Bertz CT molecular complexity index is 142. The summed E-state index contributed by atoms with van der Waals surface area (Å²) in [5.74, 6) is 0.